The summed E-state index contributed by atoms with van der Waals surface area (Å²) >= 11 is 5.34. The fourth-order valence-electron chi connectivity index (χ4n) is 0.272. The van der Waals surface area contributed by atoms with E-state index in [-0.39, 0.29) is 0 Å². The Morgan fingerprint density at radius 1 is 2.00 bits per heavy atom. The summed E-state index contributed by atoms with van der Waals surface area (Å²) in [5.41, 5.74) is 2.70. The zero-order valence-electron chi connectivity index (χ0n) is 3.46. The lowest BCUT2D eigenvalue weighted by molar-refractivity contribution is 0.440. The van der Waals surface area contributed by atoms with Crippen molar-refractivity contribution in [2.75, 3.05) is 0 Å². The van der Waals surface area contributed by atoms with Gasteiger partial charge in [-0.05, 0) is 0 Å². The quantitative estimate of drug-likeness (QED) is 0.249. The molecule has 0 aromatic carbocycles. The van der Waals surface area contributed by atoms with Crippen LogP contribution >= 0.6 is 24.6 Å². The van der Waals surface area contributed by atoms with Gasteiger partial charge in [-0.25, -0.2) is 5.84 Å². The Hall–Kier alpha value is 0.160. The minimum atomic E-state index is 0.877. The second kappa shape index (κ2) is 1.95. The summed E-state index contributed by atoms with van der Waals surface area (Å²) in [7, 11) is 0. The van der Waals surface area contributed by atoms with Crippen LogP contribution in [-0.4, -0.2) is 4.52 Å². The Kier molecular flexibility index (Phi) is 1.48. The molecule has 1 heterocycles. The number of rotatable bonds is 0. The third-order valence-electron chi connectivity index (χ3n) is 0.507. The molecule has 0 aromatic rings. The van der Waals surface area contributed by atoms with E-state index in [2.05, 4.69) is 18.1 Å². The summed E-state index contributed by atoms with van der Waals surface area (Å²) in [6, 6.07) is 0. The lowest BCUT2D eigenvalue weighted by atomic mass is 11.1. The minimum Gasteiger partial charge on any atom is -0.301 e. The van der Waals surface area contributed by atoms with Crippen molar-refractivity contribution in [3.05, 3.63) is 10.4 Å². The Morgan fingerprint density at radius 2 is 2.71 bits per heavy atom. The van der Waals surface area contributed by atoms with Crippen molar-refractivity contribution >= 4 is 24.6 Å². The lowest BCUT2D eigenvalue weighted by Crippen LogP contribution is -2.30. The van der Waals surface area contributed by atoms with Crippen molar-refractivity contribution in [1.82, 2.24) is 9.95 Å². The predicted octanol–water partition coefficient (Wildman–Crippen LogP) is 0.0572. The number of hydrogen-bond donors (Lipinski definition) is 3. The molecular formula is C2H5N3S2. The topological polar surface area (TPSA) is 41.3 Å². The molecule has 0 atom stereocenters. The average molecular weight is 135 g/mol. The molecule has 1 aliphatic rings. The van der Waals surface area contributed by atoms with Gasteiger partial charge in [-0.1, -0.05) is 4.52 Å². The van der Waals surface area contributed by atoms with Crippen molar-refractivity contribution in [2.24, 2.45) is 5.84 Å². The van der Waals surface area contributed by atoms with Crippen molar-refractivity contribution in [1.29, 1.82) is 0 Å². The van der Waals surface area contributed by atoms with Crippen LogP contribution in [0.4, 0.5) is 0 Å². The smallest absolute Gasteiger partial charge is 0.0731 e. The highest BCUT2D eigenvalue weighted by atomic mass is 32.2. The Balaban J connectivity index is 2.42. The third kappa shape index (κ3) is 1.27. The van der Waals surface area contributed by atoms with Crippen LogP contribution in [0.25, 0.3) is 0 Å². The van der Waals surface area contributed by atoms with E-state index in [1.54, 1.807) is 6.20 Å². The molecular weight excluding hydrogens is 130 g/mol. The van der Waals surface area contributed by atoms with Gasteiger partial charge >= 0.3 is 0 Å². The van der Waals surface area contributed by atoms with Crippen LogP contribution in [0, 0.1) is 0 Å². The summed E-state index contributed by atoms with van der Waals surface area (Å²) < 4.78 is 2.25. The van der Waals surface area contributed by atoms with Gasteiger partial charge in [-0.15, -0.1) is 12.6 Å². The standard InChI is InChI=1S/C2H5N3S2/c3-5-4-1-2(6)7-5/h1,4,6H,3H2. The van der Waals surface area contributed by atoms with Gasteiger partial charge < -0.3 is 5.43 Å². The molecule has 7 heavy (non-hydrogen) atoms. The zero-order chi connectivity index (χ0) is 5.28. The number of nitrogens with one attached hydrogen (secondary N) is 1. The predicted molar refractivity (Wildman–Crippen MR) is 33.8 cm³/mol. The summed E-state index contributed by atoms with van der Waals surface area (Å²) in [6.07, 6.45) is 1.72. The minimum absolute atomic E-state index is 0.877. The van der Waals surface area contributed by atoms with Gasteiger partial charge in [0.05, 0.1) is 4.24 Å². The summed E-state index contributed by atoms with van der Waals surface area (Å²) in [4.78, 5) is 0. The largest absolute Gasteiger partial charge is 0.301 e. The highest BCUT2D eigenvalue weighted by Crippen LogP contribution is 2.22. The first-order valence-electron chi connectivity index (χ1n) is 1.67. The molecule has 3 nitrogen and oxygen atoms in total. The molecule has 0 amide bonds. The molecule has 40 valence electrons. The molecule has 0 spiro atoms. The van der Waals surface area contributed by atoms with Crippen LogP contribution in [0.1, 0.15) is 0 Å². The van der Waals surface area contributed by atoms with Gasteiger partial charge in [0.15, 0.2) is 0 Å². The highest BCUT2D eigenvalue weighted by Gasteiger charge is 2.04. The van der Waals surface area contributed by atoms with Crippen LogP contribution in [0.3, 0.4) is 0 Å². The molecule has 5 heteroatoms. The van der Waals surface area contributed by atoms with Crippen molar-refractivity contribution in [2.45, 2.75) is 0 Å². The van der Waals surface area contributed by atoms with E-state index in [1.807, 2.05) is 0 Å². The maximum Gasteiger partial charge on any atom is 0.0731 e. The maximum absolute atomic E-state index is 5.21. The number of hydrazine groups is 2. The van der Waals surface area contributed by atoms with E-state index in [0.29, 0.717) is 0 Å². The number of hydrogen-bond acceptors (Lipinski definition) is 5. The first-order valence-corrected chi connectivity index (χ1v) is 2.89. The van der Waals surface area contributed by atoms with E-state index in [9.17, 15) is 0 Å². The van der Waals surface area contributed by atoms with E-state index < -0.39 is 0 Å². The average Bonchev–Trinajstić information content (AvgIpc) is 1.87. The molecule has 0 radical (unpaired) electrons. The Labute approximate surface area is 51.4 Å². The lowest BCUT2D eigenvalue weighted by Gasteiger charge is -2.02. The summed E-state index contributed by atoms with van der Waals surface area (Å²) in [5.74, 6) is 5.21. The normalized spacial score (nSPS) is 21.7. The van der Waals surface area contributed by atoms with Crippen molar-refractivity contribution in [3.63, 3.8) is 0 Å². The van der Waals surface area contributed by atoms with Gasteiger partial charge in [0, 0.05) is 18.1 Å². The molecule has 0 fully saturated rings. The first-order chi connectivity index (χ1) is 3.29. The van der Waals surface area contributed by atoms with Gasteiger partial charge in [0.2, 0.25) is 0 Å². The van der Waals surface area contributed by atoms with E-state index >= 15 is 0 Å². The molecule has 0 bridgehead atoms. The molecule has 0 aromatic heterocycles. The first kappa shape index (κ1) is 5.30. The van der Waals surface area contributed by atoms with E-state index in [0.717, 1.165) is 4.24 Å². The van der Waals surface area contributed by atoms with Crippen molar-refractivity contribution < 1.29 is 0 Å². The molecule has 3 N–H and O–H groups in total. The van der Waals surface area contributed by atoms with Crippen LogP contribution < -0.4 is 11.3 Å². The van der Waals surface area contributed by atoms with Gasteiger partial charge in [0.1, 0.15) is 0 Å². The number of nitrogens with two attached hydrogens (primary N) is 1. The molecule has 1 rings (SSSR count). The third-order valence-corrected chi connectivity index (χ3v) is 1.49. The van der Waals surface area contributed by atoms with Gasteiger partial charge in [-0.2, -0.15) is 0 Å². The van der Waals surface area contributed by atoms with E-state index in [4.69, 9.17) is 5.84 Å². The summed E-state index contributed by atoms with van der Waals surface area (Å²) in [6.45, 7) is 0. The summed E-state index contributed by atoms with van der Waals surface area (Å²) in [5, 5.41) is 0. The van der Waals surface area contributed by atoms with Gasteiger partial charge in [-0.3, -0.25) is 0 Å². The number of nitrogens with zero attached hydrogens (tertiary/aromatic N) is 1. The fourth-order valence-corrected chi connectivity index (χ4v) is 1.01. The van der Waals surface area contributed by atoms with Crippen LogP contribution in [-0.2, 0) is 0 Å². The molecule has 0 saturated carbocycles. The number of thiol groups is 1. The van der Waals surface area contributed by atoms with Crippen LogP contribution in [0.2, 0.25) is 0 Å². The highest BCUT2D eigenvalue weighted by molar-refractivity contribution is 8.14. The maximum atomic E-state index is 5.21. The van der Waals surface area contributed by atoms with Crippen LogP contribution in [0.5, 0.6) is 0 Å². The monoisotopic (exact) mass is 135 g/mol. The SMILES string of the molecule is NN1NC=C(S)S1. The molecule has 1 aliphatic heterocycles. The van der Waals surface area contributed by atoms with Crippen molar-refractivity contribution in [3.8, 4) is 0 Å². The molecule has 0 aliphatic carbocycles. The second-order valence-electron chi connectivity index (χ2n) is 1.03. The fraction of sp³-hybridized carbons (Fsp3) is 0. The van der Waals surface area contributed by atoms with E-state index in [1.165, 1.54) is 16.5 Å². The Bertz CT molecular complexity index is 101. The Morgan fingerprint density at radius 3 is 2.86 bits per heavy atom. The van der Waals surface area contributed by atoms with Gasteiger partial charge in [0.25, 0.3) is 0 Å². The zero-order valence-corrected chi connectivity index (χ0v) is 5.17. The molecule has 0 unspecified atom stereocenters. The molecule has 0 saturated heterocycles. The van der Waals surface area contributed by atoms with Crippen LogP contribution in [0.15, 0.2) is 10.4 Å². The second-order valence-corrected chi connectivity index (χ2v) is 2.83.